The molecule has 0 radical (unpaired) electrons. The SMILES string of the molecule is CCOC(=O)CCN(C)S(=O)(=O)c1ncn(C)c1Cl. The molecule has 1 rings (SSSR count). The maximum absolute atomic E-state index is 12.2. The van der Waals surface area contributed by atoms with Crippen LogP contribution >= 0.6 is 11.6 Å². The Morgan fingerprint density at radius 2 is 2.21 bits per heavy atom. The van der Waals surface area contributed by atoms with Gasteiger partial charge in [0.1, 0.15) is 5.15 Å². The van der Waals surface area contributed by atoms with Crippen LogP contribution in [0.25, 0.3) is 0 Å². The number of hydrogen-bond acceptors (Lipinski definition) is 5. The summed E-state index contributed by atoms with van der Waals surface area (Å²) in [6, 6.07) is 0. The molecule has 0 N–H and O–H groups in total. The summed E-state index contributed by atoms with van der Waals surface area (Å²) in [6.45, 7) is 1.96. The molecule has 0 aliphatic heterocycles. The normalized spacial score (nSPS) is 11.8. The largest absolute Gasteiger partial charge is 0.466 e. The number of ether oxygens (including phenoxy) is 1. The van der Waals surface area contributed by atoms with Crippen LogP contribution in [-0.4, -0.2) is 48.4 Å². The Labute approximate surface area is 117 Å². The van der Waals surface area contributed by atoms with Crippen molar-refractivity contribution >= 4 is 27.6 Å². The fourth-order valence-corrected chi connectivity index (χ4v) is 2.87. The number of rotatable bonds is 6. The van der Waals surface area contributed by atoms with Gasteiger partial charge in [0, 0.05) is 20.6 Å². The van der Waals surface area contributed by atoms with E-state index in [-0.39, 0.29) is 29.8 Å². The number of hydrogen-bond donors (Lipinski definition) is 0. The van der Waals surface area contributed by atoms with Crippen LogP contribution < -0.4 is 0 Å². The molecule has 0 aliphatic carbocycles. The Kier molecular flexibility index (Phi) is 5.33. The lowest BCUT2D eigenvalue weighted by molar-refractivity contribution is -0.143. The Morgan fingerprint density at radius 3 is 2.68 bits per heavy atom. The van der Waals surface area contributed by atoms with Crippen LogP contribution in [0.15, 0.2) is 11.4 Å². The molecule has 0 bridgehead atoms. The van der Waals surface area contributed by atoms with E-state index in [9.17, 15) is 13.2 Å². The first-order chi connectivity index (χ1) is 8.80. The van der Waals surface area contributed by atoms with Gasteiger partial charge < -0.3 is 9.30 Å². The minimum atomic E-state index is -3.80. The second-order valence-electron chi connectivity index (χ2n) is 3.83. The van der Waals surface area contributed by atoms with Gasteiger partial charge in [0.05, 0.1) is 19.4 Å². The lowest BCUT2D eigenvalue weighted by Gasteiger charge is -2.15. The summed E-state index contributed by atoms with van der Waals surface area (Å²) in [5, 5.41) is -0.189. The number of aromatic nitrogens is 2. The van der Waals surface area contributed by atoms with E-state index in [1.165, 1.54) is 17.9 Å². The van der Waals surface area contributed by atoms with Crippen molar-refractivity contribution in [1.29, 1.82) is 0 Å². The fourth-order valence-electron chi connectivity index (χ4n) is 1.32. The lowest BCUT2D eigenvalue weighted by Crippen LogP contribution is -2.30. The first-order valence-electron chi connectivity index (χ1n) is 5.59. The number of esters is 1. The summed E-state index contributed by atoms with van der Waals surface area (Å²) in [5.41, 5.74) is 0. The highest BCUT2D eigenvalue weighted by atomic mass is 35.5. The number of nitrogens with zero attached hydrogens (tertiary/aromatic N) is 3. The van der Waals surface area contributed by atoms with Crippen LogP contribution in [0.5, 0.6) is 0 Å². The minimum Gasteiger partial charge on any atom is -0.466 e. The molecular formula is C10H16ClN3O4S. The van der Waals surface area contributed by atoms with Crippen molar-refractivity contribution in [1.82, 2.24) is 13.9 Å². The molecule has 0 saturated heterocycles. The molecule has 9 heteroatoms. The highest BCUT2D eigenvalue weighted by molar-refractivity contribution is 7.89. The monoisotopic (exact) mass is 309 g/mol. The average Bonchev–Trinajstić information content (AvgIpc) is 2.67. The number of carbonyl (C=O) groups excluding carboxylic acids is 1. The predicted octanol–water partition coefficient (Wildman–Crippen LogP) is 0.647. The Bertz CT molecular complexity index is 555. The molecule has 0 spiro atoms. The van der Waals surface area contributed by atoms with Gasteiger partial charge in [-0.25, -0.2) is 13.4 Å². The molecule has 0 fully saturated rings. The van der Waals surface area contributed by atoms with Gasteiger partial charge in [-0.05, 0) is 6.92 Å². The molecule has 1 heterocycles. The van der Waals surface area contributed by atoms with E-state index in [1.54, 1.807) is 14.0 Å². The summed E-state index contributed by atoms with van der Waals surface area (Å²) in [7, 11) is -0.847. The predicted molar refractivity (Wildman–Crippen MR) is 69.3 cm³/mol. The Balaban J connectivity index is 2.78. The van der Waals surface area contributed by atoms with E-state index in [4.69, 9.17) is 16.3 Å². The van der Waals surface area contributed by atoms with Crippen molar-refractivity contribution in [2.45, 2.75) is 18.4 Å². The van der Waals surface area contributed by atoms with Crippen LogP contribution in [0.3, 0.4) is 0 Å². The molecular weight excluding hydrogens is 294 g/mol. The van der Waals surface area contributed by atoms with Gasteiger partial charge in [-0.2, -0.15) is 4.31 Å². The average molecular weight is 310 g/mol. The van der Waals surface area contributed by atoms with Gasteiger partial charge >= 0.3 is 5.97 Å². The van der Waals surface area contributed by atoms with Crippen molar-refractivity contribution < 1.29 is 17.9 Å². The first-order valence-corrected chi connectivity index (χ1v) is 7.41. The molecule has 0 amide bonds. The topological polar surface area (TPSA) is 81.5 Å². The Hall–Kier alpha value is -1.12. The Morgan fingerprint density at radius 1 is 1.58 bits per heavy atom. The molecule has 0 aliphatic rings. The molecule has 0 saturated carbocycles. The fraction of sp³-hybridized carbons (Fsp3) is 0.600. The van der Waals surface area contributed by atoms with Crippen molar-refractivity contribution in [3.05, 3.63) is 11.5 Å². The van der Waals surface area contributed by atoms with Gasteiger partial charge in [0.25, 0.3) is 10.0 Å². The van der Waals surface area contributed by atoms with Crippen molar-refractivity contribution in [2.24, 2.45) is 7.05 Å². The zero-order valence-corrected chi connectivity index (χ0v) is 12.5. The minimum absolute atomic E-state index is 0.00801. The van der Waals surface area contributed by atoms with Crippen molar-refractivity contribution in [3.63, 3.8) is 0 Å². The third-order valence-electron chi connectivity index (χ3n) is 2.43. The molecule has 1 aromatic heterocycles. The molecule has 108 valence electrons. The van der Waals surface area contributed by atoms with Crippen molar-refractivity contribution in [2.75, 3.05) is 20.2 Å². The summed E-state index contributed by atoms with van der Waals surface area (Å²) in [4.78, 5) is 14.9. The van der Waals surface area contributed by atoms with Gasteiger partial charge in [-0.1, -0.05) is 11.6 Å². The van der Waals surface area contributed by atoms with Crippen LogP contribution in [0.1, 0.15) is 13.3 Å². The number of imidazole rings is 1. The quantitative estimate of drug-likeness (QED) is 0.721. The second-order valence-corrected chi connectivity index (χ2v) is 6.15. The third kappa shape index (κ3) is 3.68. The van der Waals surface area contributed by atoms with Gasteiger partial charge in [0.15, 0.2) is 0 Å². The molecule has 7 nitrogen and oxygen atoms in total. The standard InChI is InChI=1S/C10H16ClN3O4S/c1-4-18-8(15)5-6-14(3)19(16,17)10-9(11)13(2)7-12-10/h7H,4-6H2,1-3H3. The number of aryl methyl sites for hydroxylation is 1. The van der Waals surface area contributed by atoms with E-state index >= 15 is 0 Å². The summed E-state index contributed by atoms with van der Waals surface area (Å²) < 4.78 is 31.5. The molecule has 0 atom stereocenters. The van der Waals surface area contributed by atoms with Crippen LogP contribution in [0, 0.1) is 0 Å². The summed E-state index contributed by atoms with van der Waals surface area (Å²) in [5.74, 6) is -0.448. The van der Waals surface area contributed by atoms with Gasteiger partial charge in [-0.3, -0.25) is 4.79 Å². The molecule has 0 unspecified atom stereocenters. The van der Waals surface area contributed by atoms with E-state index in [0.717, 1.165) is 4.31 Å². The van der Waals surface area contributed by atoms with E-state index in [0.29, 0.717) is 0 Å². The first kappa shape index (κ1) is 15.9. The smallest absolute Gasteiger partial charge is 0.307 e. The van der Waals surface area contributed by atoms with Gasteiger partial charge in [-0.15, -0.1) is 0 Å². The van der Waals surface area contributed by atoms with Crippen molar-refractivity contribution in [3.8, 4) is 0 Å². The number of sulfonamides is 1. The molecule has 19 heavy (non-hydrogen) atoms. The summed E-state index contributed by atoms with van der Waals surface area (Å²) in [6.07, 6.45) is 1.29. The summed E-state index contributed by atoms with van der Waals surface area (Å²) >= 11 is 5.85. The lowest BCUT2D eigenvalue weighted by atomic mass is 10.4. The number of carbonyl (C=O) groups is 1. The number of halogens is 1. The van der Waals surface area contributed by atoms with E-state index in [1.807, 2.05) is 0 Å². The highest BCUT2D eigenvalue weighted by Crippen LogP contribution is 2.21. The van der Waals surface area contributed by atoms with E-state index in [2.05, 4.69) is 4.98 Å². The van der Waals surface area contributed by atoms with E-state index < -0.39 is 16.0 Å². The molecule has 0 aromatic carbocycles. The van der Waals surface area contributed by atoms with Crippen LogP contribution in [0.4, 0.5) is 0 Å². The zero-order chi connectivity index (χ0) is 14.6. The zero-order valence-electron chi connectivity index (χ0n) is 11.0. The maximum atomic E-state index is 12.2. The van der Waals surface area contributed by atoms with Crippen LogP contribution in [-0.2, 0) is 26.6 Å². The van der Waals surface area contributed by atoms with Crippen LogP contribution in [0.2, 0.25) is 5.15 Å². The maximum Gasteiger partial charge on any atom is 0.307 e. The molecule has 1 aromatic rings. The third-order valence-corrected chi connectivity index (χ3v) is 4.77. The van der Waals surface area contributed by atoms with Gasteiger partial charge in [0.2, 0.25) is 5.03 Å². The second kappa shape index (κ2) is 6.36. The highest BCUT2D eigenvalue weighted by Gasteiger charge is 2.27.